The second-order valence-electron chi connectivity index (χ2n) is 6.62. The highest BCUT2D eigenvalue weighted by molar-refractivity contribution is 6.13. The van der Waals surface area contributed by atoms with Crippen LogP contribution in [0.1, 0.15) is 19.8 Å². The van der Waals surface area contributed by atoms with E-state index in [1.807, 2.05) is 6.08 Å². The van der Waals surface area contributed by atoms with Crippen molar-refractivity contribution in [1.82, 2.24) is 10.3 Å². The van der Waals surface area contributed by atoms with Crippen molar-refractivity contribution in [3.8, 4) is 6.07 Å². The van der Waals surface area contributed by atoms with Crippen LogP contribution >= 0.6 is 0 Å². The Balaban J connectivity index is 1.60. The third-order valence-corrected chi connectivity index (χ3v) is 4.30. The molecule has 27 heavy (non-hydrogen) atoms. The molecule has 3 N–H and O–H groups in total. The standard InChI is InChI=1S/C18H18FN7O/c1-10(27)22-15-6-12(4-5-14(15)19)24-17-7-16(23-11-2-3-11)18-21-9-13(8-20)26(18)25-17/h4-7,11,13,23H,2-3,9H2,1H3,(H,22,27)(H,24,25). The van der Waals surface area contributed by atoms with Crippen LogP contribution in [0, 0.1) is 17.1 Å². The lowest BCUT2D eigenvalue weighted by atomic mass is 10.2. The smallest absolute Gasteiger partial charge is 0.221 e. The summed E-state index contributed by atoms with van der Waals surface area (Å²) in [6, 6.07) is 6.48. The zero-order valence-electron chi connectivity index (χ0n) is 14.7. The Morgan fingerprint density at radius 3 is 2.93 bits per heavy atom. The lowest BCUT2D eigenvalue weighted by Gasteiger charge is -2.26. The Morgan fingerprint density at radius 2 is 2.22 bits per heavy atom. The summed E-state index contributed by atoms with van der Waals surface area (Å²) in [7, 11) is 0. The Kier molecular flexibility index (Phi) is 4.24. The maximum absolute atomic E-state index is 13.8. The number of halogens is 1. The summed E-state index contributed by atoms with van der Waals surface area (Å²) in [5.41, 5.74) is 1.47. The Labute approximate surface area is 155 Å². The first-order valence-electron chi connectivity index (χ1n) is 8.68. The maximum Gasteiger partial charge on any atom is 0.221 e. The van der Waals surface area contributed by atoms with Gasteiger partial charge in [0.05, 0.1) is 24.0 Å². The number of carbonyl (C=O) groups excluding carboxylic acids is 1. The van der Waals surface area contributed by atoms with Crippen LogP contribution < -0.4 is 16.0 Å². The molecule has 1 aromatic rings. The summed E-state index contributed by atoms with van der Waals surface area (Å²) in [6.45, 7) is 1.69. The van der Waals surface area contributed by atoms with Crippen molar-refractivity contribution in [2.24, 2.45) is 10.1 Å². The zero-order chi connectivity index (χ0) is 19.0. The van der Waals surface area contributed by atoms with E-state index in [1.165, 1.54) is 19.1 Å². The SMILES string of the molecule is CC(=O)Nc1cc(NC2=NN3C(=NCC3C#N)C(NC3CC3)=C2)ccc1F. The largest absolute Gasteiger partial charge is 0.379 e. The van der Waals surface area contributed by atoms with Gasteiger partial charge in [-0.1, -0.05) is 0 Å². The number of aliphatic imine (C=N–C) groups is 1. The molecule has 3 aliphatic rings. The van der Waals surface area contributed by atoms with Gasteiger partial charge in [0, 0.05) is 24.7 Å². The fraction of sp³-hybridized carbons (Fsp3) is 0.333. The molecule has 0 radical (unpaired) electrons. The van der Waals surface area contributed by atoms with Crippen molar-refractivity contribution in [2.45, 2.75) is 31.8 Å². The van der Waals surface area contributed by atoms with Gasteiger partial charge in [-0.25, -0.2) is 9.40 Å². The fourth-order valence-electron chi connectivity index (χ4n) is 2.89. The van der Waals surface area contributed by atoms with Gasteiger partial charge in [-0.15, -0.1) is 0 Å². The highest BCUT2D eigenvalue weighted by atomic mass is 19.1. The third kappa shape index (κ3) is 3.60. The lowest BCUT2D eigenvalue weighted by Crippen LogP contribution is -2.40. The third-order valence-electron chi connectivity index (χ3n) is 4.30. The van der Waals surface area contributed by atoms with Gasteiger partial charge >= 0.3 is 0 Å². The van der Waals surface area contributed by atoms with Gasteiger partial charge in [0.25, 0.3) is 0 Å². The van der Waals surface area contributed by atoms with Crippen molar-refractivity contribution in [2.75, 3.05) is 17.2 Å². The van der Waals surface area contributed by atoms with Crippen molar-refractivity contribution in [1.29, 1.82) is 5.26 Å². The van der Waals surface area contributed by atoms with Gasteiger partial charge in [0.2, 0.25) is 5.91 Å². The van der Waals surface area contributed by atoms with E-state index in [0.29, 0.717) is 29.9 Å². The number of carbonyl (C=O) groups is 1. The number of nitrogens with one attached hydrogen (secondary N) is 3. The molecule has 9 heteroatoms. The number of benzene rings is 1. The van der Waals surface area contributed by atoms with Crippen LogP contribution in [0.25, 0.3) is 0 Å². The number of fused-ring (bicyclic) bond motifs is 1. The first-order chi connectivity index (χ1) is 13.0. The molecule has 1 atom stereocenters. The summed E-state index contributed by atoms with van der Waals surface area (Å²) in [6.07, 6.45) is 4.03. The van der Waals surface area contributed by atoms with E-state index in [2.05, 4.69) is 32.1 Å². The van der Waals surface area contributed by atoms with Gasteiger partial charge in [-0.05, 0) is 31.0 Å². The second kappa shape index (κ2) is 6.72. The van der Waals surface area contributed by atoms with Crippen LogP contribution in [0.3, 0.4) is 0 Å². The molecule has 1 amide bonds. The second-order valence-corrected chi connectivity index (χ2v) is 6.62. The van der Waals surface area contributed by atoms with Crippen molar-refractivity contribution >= 4 is 29.0 Å². The predicted octanol–water partition coefficient (Wildman–Crippen LogP) is 1.77. The molecule has 0 spiro atoms. The molecule has 2 heterocycles. The predicted molar refractivity (Wildman–Crippen MR) is 99.5 cm³/mol. The molecule has 0 aromatic heterocycles. The van der Waals surface area contributed by atoms with Crippen LogP contribution in [-0.2, 0) is 4.79 Å². The normalized spacial score (nSPS) is 20.7. The van der Waals surface area contributed by atoms with E-state index >= 15 is 0 Å². The topological polar surface area (TPSA) is 105 Å². The first-order valence-corrected chi connectivity index (χ1v) is 8.68. The zero-order valence-corrected chi connectivity index (χ0v) is 14.7. The molecule has 1 unspecified atom stereocenters. The number of hydrazone groups is 1. The summed E-state index contributed by atoms with van der Waals surface area (Å²) in [5, 5.41) is 24.4. The molecule has 4 rings (SSSR count). The summed E-state index contributed by atoms with van der Waals surface area (Å²) in [5.74, 6) is 0.287. The average Bonchev–Trinajstić information content (AvgIpc) is 3.34. The minimum Gasteiger partial charge on any atom is -0.379 e. The molecule has 0 bridgehead atoms. The van der Waals surface area contributed by atoms with Gasteiger partial charge in [-0.2, -0.15) is 10.4 Å². The summed E-state index contributed by atoms with van der Waals surface area (Å²) in [4.78, 5) is 15.7. The molecular formula is C18H18FN7O. The maximum atomic E-state index is 13.8. The minimum absolute atomic E-state index is 0.0857. The molecule has 2 aliphatic heterocycles. The van der Waals surface area contributed by atoms with E-state index in [9.17, 15) is 14.4 Å². The van der Waals surface area contributed by atoms with Gasteiger partial charge < -0.3 is 16.0 Å². The van der Waals surface area contributed by atoms with Crippen molar-refractivity contribution in [3.63, 3.8) is 0 Å². The summed E-state index contributed by atoms with van der Waals surface area (Å²) >= 11 is 0. The Bertz CT molecular complexity index is 926. The lowest BCUT2D eigenvalue weighted by molar-refractivity contribution is -0.114. The van der Waals surface area contributed by atoms with Crippen molar-refractivity contribution in [3.05, 3.63) is 35.8 Å². The van der Waals surface area contributed by atoms with Gasteiger partial charge in [0.1, 0.15) is 5.82 Å². The van der Waals surface area contributed by atoms with Gasteiger partial charge in [0.15, 0.2) is 17.7 Å². The van der Waals surface area contributed by atoms with Crippen molar-refractivity contribution < 1.29 is 9.18 Å². The number of anilines is 2. The molecule has 1 saturated carbocycles. The number of amidine groups is 2. The molecule has 1 aromatic carbocycles. The molecule has 0 saturated heterocycles. The summed E-state index contributed by atoms with van der Waals surface area (Å²) < 4.78 is 13.8. The number of nitrogens with zero attached hydrogens (tertiary/aromatic N) is 4. The molecule has 8 nitrogen and oxygen atoms in total. The Morgan fingerprint density at radius 1 is 1.41 bits per heavy atom. The quantitative estimate of drug-likeness (QED) is 0.752. The first kappa shape index (κ1) is 17.0. The van der Waals surface area contributed by atoms with E-state index < -0.39 is 11.9 Å². The fourth-order valence-corrected chi connectivity index (χ4v) is 2.89. The molecular weight excluding hydrogens is 349 g/mol. The monoisotopic (exact) mass is 367 g/mol. The van der Waals surface area contributed by atoms with E-state index in [1.54, 1.807) is 11.1 Å². The minimum atomic E-state index is -0.522. The van der Waals surface area contributed by atoms with Crippen LogP contribution in [-0.4, -0.2) is 41.2 Å². The highest BCUT2D eigenvalue weighted by Crippen LogP contribution is 2.26. The van der Waals surface area contributed by atoms with E-state index in [4.69, 9.17) is 0 Å². The van der Waals surface area contributed by atoms with E-state index in [0.717, 1.165) is 18.5 Å². The van der Waals surface area contributed by atoms with Crippen LogP contribution in [0.2, 0.25) is 0 Å². The number of rotatable bonds is 4. The molecule has 138 valence electrons. The Hall–Kier alpha value is -3.41. The average molecular weight is 367 g/mol. The highest BCUT2D eigenvalue weighted by Gasteiger charge is 2.35. The van der Waals surface area contributed by atoms with Gasteiger partial charge in [-0.3, -0.25) is 9.79 Å². The van der Waals surface area contributed by atoms with Crippen LogP contribution in [0.5, 0.6) is 0 Å². The molecule has 1 aliphatic carbocycles. The number of nitriles is 1. The van der Waals surface area contributed by atoms with Crippen LogP contribution in [0.15, 0.2) is 40.1 Å². The van der Waals surface area contributed by atoms with E-state index in [-0.39, 0.29) is 11.6 Å². The number of hydrogen-bond acceptors (Lipinski definition) is 7. The van der Waals surface area contributed by atoms with Crippen LogP contribution in [0.4, 0.5) is 15.8 Å². The number of hydrogen-bond donors (Lipinski definition) is 3. The number of amides is 1. The molecule has 1 fully saturated rings.